The lowest BCUT2D eigenvalue weighted by Crippen LogP contribution is -2.06. The molecule has 0 bridgehead atoms. The number of methoxy groups -OCH3 is 1. The first-order valence-electron chi connectivity index (χ1n) is 5.15. The van der Waals surface area contributed by atoms with Crippen molar-refractivity contribution in [3.8, 4) is 0 Å². The van der Waals surface area contributed by atoms with Gasteiger partial charge in [0.1, 0.15) is 5.82 Å². The summed E-state index contributed by atoms with van der Waals surface area (Å²) in [4.78, 5) is 15.7. The van der Waals surface area contributed by atoms with Crippen LogP contribution in [0.15, 0.2) is 18.2 Å². The summed E-state index contributed by atoms with van der Waals surface area (Å²) in [5, 5.41) is 3.71. The van der Waals surface area contributed by atoms with Gasteiger partial charge in [-0.2, -0.15) is 4.37 Å². The number of esters is 1. The fourth-order valence-electron chi connectivity index (χ4n) is 1.39. The molecule has 1 heterocycles. The molecular formula is C11H12N4O2S. The normalized spacial score (nSPS) is 10.1. The zero-order valence-electron chi connectivity index (χ0n) is 9.93. The first-order valence-corrected chi connectivity index (χ1v) is 5.92. The van der Waals surface area contributed by atoms with Crippen LogP contribution in [0.5, 0.6) is 0 Å². The van der Waals surface area contributed by atoms with Gasteiger partial charge in [-0.1, -0.05) is 0 Å². The quantitative estimate of drug-likeness (QED) is 0.650. The number of benzene rings is 1. The van der Waals surface area contributed by atoms with Gasteiger partial charge in [0.15, 0.2) is 0 Å². The predicted octanol–water partition coefficient (Wildman–Crippen LogP) is 1.96. The number of nitrogens with two attached hydrogens (primary N) is 1. The molecular weight excluding hydrogens is 252 g/mol. The van der Waals surface area contributed by atoms with Crippen LogP contribution in [0.4, 0.5) is 16.5 Å². The Morgan fingerprint density at radius 3 is 2.89 bits per heavy atom. The number of nitrogens with one attached hydrogen (secondary N) is 1. The fraction of sp³-hybridized carbons (Fsp3) is 0.182. The molecule has 2 aromatic rings. The number of carbonyl (C=O) groups excluding carboxylic acids is 1. The molecule has 0 radical (unpaired) electrons. The van der Waals surface area contributed by atoms with Crippen LogP contribution in [-0.2, 0) is 4.74 Å². The van der Waals surface area contributed by atoms with Gasteiger partial charge >= 0.3 is 5.97 Å². The standard InChI is InChI=1S/C11H12N4O2S/c1-6-13-11(18-15-6)14-7-3-4-9(12)8(5-7)10(16)17-2/h3-5H,12H2,1-2H3,(H,13,14,15). The molecule has 3 N–H and O–H groups in total. The van der Waals surface area contributed by atoms with Crippen molar-refractivity contribution in [2.24, 2.45) is 0 Å². The van der Waals surface area contributed by atoms with E-state index in [4.69, 9.17) is 5.73 Å². The number of rotatable bonds is 3. The highest BCUT2D eigenvalue weighted by Crippen LogP contribution is 2.23. The van der Waals surface area contributed by atoms with E-state index in [-0.39, 0.29) is 0 Å². The number of hydrogen-bond acceptors (Lipinski definition) is 7. The topological polar surface area (TPSA) is 90.1 Å². The Bertz CT molecular complexity index is 582. The van der Waals surface area contributed by atoms with Crippen LogP contribution in [0.1, 0.15) is 16.2 Å². The lowest BCUT2D eigenvalue weighted by atomic mass is 10.1. The molecule has 0 aliphatic rings. The number of anilines is 3. The van der Waals surface area contributed by atoms with Crippen molar-refractivity contribution in [2.75, 3.05) is 18.2 Å². The Hall–Kier alpha value is -2.15. The first-order chi connectivity index (χ1) is 8.60. The molecule has 2 rings (SSSR count). The maximum atomic E-state index is 11.5. The number of carbonyl (C=O) groups is 1. The third-order valence-electron chi connectivity index (χ3n) is 2.24. The van der Waals surface area contributed by atoms with Crippen molar-refractivity contribution in [3.05, 3.63) is 29.6 Å². The van der Waals surface area contributed by atoms with Crippen molar-refractivity contribution < 1.29 is 9.53 Å². The average Bonchev–Trinajstić information content (AvgIpc) is 2.76. The van der Waals surface area contributed by atoms with Gasteiger partial charge in [-0.3, -0.25) is 0 Å². The zero-order chi connectivity index (χ0) is 13.1. The maximum Gasteiger partial charge on any atom is 0.340 e. The highest BCUT2D eigenvalue weighted by Gasteiger charge is 2.11. The van der Waals surface area contributed by atoms with E-state index in [9.17, 15) is 4.79 Å². The van der Waals surface area contributed by atoms with Gasteiger partial charge in [0.2, 0.25) is 5.13 Å². The highest BCUT2D eigenvalue weighted by molar-refractivity contribution is 7.09. The lowest BCUT2D eigenvalue weighted by molar-refractivity contribution is 0.0602. The Kier molecular flexibility index (Phi) is 3.42. The SMILES string of the molecule is COC(=O)c1cc(Nc2nc(C)ns2)ccc1N. The number of aromatic nitrogens is 2. The molecule has 0 aliphatic heterocycles. The molecule has 18 heavy (non-hydrogen) atoms. The van der Waals surface area contributed by atoms with E-state index in [1.165, 1.54) is 18.6 Å². The van der Waals surface area contributed by atoms with E-state index in [0.29, 0.717) is 27.9 Å². The average molecular weight is 264 g/mol. The molecule has 0 unspecified atom stereocenters. The molecule has 0 atom stereocenters. The summed E-state index contributed by atoms with van der Waals surface area (Å²) >= 11 is 1.25. The second-order valence-electron chi connectivity index (χ2n) is 3.57. The van der Waals surface area contributed by atoms with Gasteiger partial charge in [-0.15, -0.1) is 0 Å². The van der Waals surface area contributed by atoms with Crippen molar-refractivity contribution in [1.29, 1.82) is 0 Å². The smallest absolute Gasteiger partial charge is 0.340 e. The van der Waals surface area contributed by atoms with Gasteiger partial charge < -0.3 is 15.8 Å². The second kappa shape index (κ2) is 5.01. The first kappa shape index (κ1) is 12.3. The molecule has 0 saturated carbocycles. The summed E-state index contributed by atoms with van der Waals surface area (Å²) in [6.45, 7) is 1.81. The second-order valence-corrected chi connectivity index (χ2v) is 4.32. The Morgan fingerprint density at radius 2 is 2.28 bits per heavy atom. The number of ether oxygens (including phenoxy) is 1. The molecule has 7 heteroatoms. The highest BCUT2D eigenvalue weighted by atomic mass is 32.1. The summed E-state index contributed by atoms with van der Waals surface area (Å²) in [7, 11) is 1.32. The van der Waals surface area contributed by atoms with Gasteiger partial charge in [0.05, 0.1) is 12.7 Å². The Balaban J connectivity index is 2.27. The maximum absolute atomic E-state index is 11.5. The van der Waals surface area contributed by atoms with Crippen LogP contribution in [0.25, 0.3) is 0 Å². The number of nitrogen functional groups attached to an aromatic ring is 1. The fourth-order valence-corrected chi connectivity index (χ4v) is 1.99. The van der Waals surface area contributed by atoms with Crippen LogP contribution in [0, 0.1) is 6.92 Å². The van der Waals surface area contributed by atoms with Crippen LogP contribution < -0.4 is 11.1 Å². The summed E-state index contributed by atoms with van der Waals surface area (Å²) < 4.78 is 8.71. The van der Waals surface area contributed by atoms with E-state index in [0.717, 1.165) is 0 Å². The van der Waals surface area contributed by atoms with Gasteiger partial charge in [0.25, 0.3) is 0 Å². The van der Waals surface area contributed by atoms with Crippen molar-refractivity contribution in [3.63, 3.8) is 0 Å². The number of aryl methyl sites for hydroxylation is 1. The van der Waals surface area contributed by atoms with Crippen LogP contribution in [0.3, 0.4) is 0 Å². The molecule has 0 fully saturated rings. The van der Waals surface area contributed by atoms with Crippen LogP contribution >= 0.6 is 11.5 Å². The van der Waals surface area contributed by atoms with E-state index in [2.05, 4.69) is 19.4 Å². The van der Waals surface area contributed by atoms with Crippen LogP contribution in [-0.4, -0.2) is 22.4 Å². The molecule has 1 aromatic heterocycles. The molecule has 0 aliphatic carbocycles. The Labute approximate surface area is 108 Å². The summed E-state index contributed by atoms with van der Waals surface area (Å²) in [6.07, 6.45) is 0. The van der Waals surface area contributed by atoms with Crippen molar-refractivity contribution in [1.82, 2.24) is 9.36 Å². The van der Waals surface area contributed by atoms with E-state index in [1.54, 1.807) is 18.2 Å². The molecule has 0 amide bonds. The summed E-state index contributed by atoms with van der Waals surface area (Å²) in [5.41, 5.74) is 7.12. The van der Waals surface area contributed by atoms with Crippen molar-refractivity contribution >= 4 is 34.0 Å². The third-order valence-corrected chi connectivity index (χ3v) is 2.96. The minimum absolute atomic E-state index is 0.323. The monoisotopic (exact) mass is 264 g/mol. The minimum atomic E-state index is -0.468. The van der Waals surface area contributed by atoms with Crippen LogP contribution in [0.2, 0.25) is 0 Å². The molecule has 1 aromatic carbocycles. The molecule has 0 spiro atoms. The summed E-state index contributed by atoms with van der Waals surface area (Å²) in [5.74, 6) is 0.232. The predicted molar refractivity (Wildman–Crippen MR) is 70.1 cm³/mol. The van der Waals surface area contributed by atoms with E-state index < -0.39 is 5.97 Å². The lowest BCUT2D eigenvalue weighted by Gasteiger charge is -2.07. The molecule has 6 nitrogen and oxygen atoms in total. The largest absolute Gasteiger partial charge is 0.465 e. The van der Waals surface area contributed by atoms with Gasteiger partial charge in [0, 0.05) is 22.9 Å². The molecule has 94 valence electrons. The number of nitrogens with zero attached hydrogens (tertiary/aromatic N) is 2. The van der Waals surface area contributed by atoms with Gasteiger partial charge in [-0.25, -0.2) is 9.78 Å². The van der Waals surface area contributed by atoms with E-state index >= 15 is 0 Å². The summed E-state index contributed by atoms with van der Waals surface area (Å²) in [6, 6.07) is 5.03. The molecule has 0 saturated heterocycles. The zero-order valence-corrected chi connectivity index (χ0v) is 10.7. The Morgan fingerprint density at radius 1 is 1.50 bits per heavy atom. The third kappa shape index (κ3) is 2.57. The number of hydrogen-bond donors (Lipinski definition) is 2. The van der Waals surface area contributed by atoms with Crippen molar-refractivity contribution in [2.45, 2.75) is 6.92 Å². The van der Waals surface area contributed by atoms with Gasteiger partial charge in [-0.05, 0) is 25.1 Å². The minimum Gasteiger partial charge on any atom is -0.465 e. The van der Waals surface area contributed by atoms with E-state index in [1.807, 2.05) is 6.92 Å².